The van der Waals surface area contributed by atoms with Crippen LogP contribution in [0.25, 0.3) is 0 Å². The number of aromatic nitrogens is 2. The number of anilines is 3. The second kappa shape index (κ2) is 7.01. The summed E-state index contributed by atoms with van der Waals surface area (Å²) in [5, 5.41) is 3.53. The Hall–Kier alpha value is -2.32. The molecule has 0 radical (unpaired) electrons. The molecule has 0 saturated carbocycles. The standard InChI is InChI=1S/C19H24N6OS/c1-19(11-20)5-7-25(8-6-19)15-10-22-18(17(21)24-15)27-14-4-2-3-13-12(14)9-16(26)23-13/h2-4,10H,5-9,11,20H2,1H3,(H2,21,24)(H,23,26). The number of nitrogen functional groups attached to an aromatic ring is 1. The van der Waals surface area contributed by atoms with Gasteiger partial charge in [-0.05, 0) is 42.5 Å². The molecule has 1 aromatic heterocycles. The van der Waals surface area contributed by atoms with Crippen LogP contribution in [0.5, 0.6) is 0 Å². The molecular formula is C19H24N6OS. The molecule has 0 aliphatic carbocycles. The molecular weight excluding hydrogens is 360 g/mol. The number of piperidine rings is 1. The SMILES string of the molecule is CC1(CN)CCN(c2cnc(Sc3cccc4c3CC(=O)N4)c(N)n2)CC1. The van der Waals surface area contributed by atoms with Crippen LogP contribution in [0.2, 0.25) is 0 Å². The molecule has 7 nitrogen and oxygen atoms in total. The van der Waals surface area contributed by atoms with E-state index in [2.05, 4.69) is 27.1 Å². The van der Waals surface area contributed by atoms with Crippen LogP contribution in [0.4, 0.5) is 17.3 Å². The van der Waals surface area contributed by atoms with E-state index in [0.717, 1.165) is 47.9 Å². The third-order valence-electron chi connectivity index (χ3n) is 5.49. The van der Waals surface area contributed by atoms with Gasteiger partial charge in [0.05, 0.1) is 12.6 Å². The van der Waals surface area contributed by atoms with Gasteiger partial charge in [0.1, 0.15) is 10.8 Å². The number of amides is 1. The highest BCUT2D eigenvalue weighted by molar-refractivity contribution is 7.99. The summed E-state index contributed by atoms with van der Waals surface area (Å²) in [6.07, 6.45) is 4.26. The predicted octanol–water partition coefficient (Wildman–Crippen LogP) is 2.27. The lowest BCUT2D eigenvalue weighted by Gasteiger charge is -2.39. The van der Waals surface area contributed by atoms with Gasteiger partial charge in [0, 0.05) is 23.7 Å². The minimum absolute atomic E-state index is 0.0158. The molecule has 2 aliphatic heterocycles. The molecule has 1 amide bonds. The molecule has 0 unspecified atom stereocenters. The van der Waals surface area contributed by atoms with Crippen LogP contribution in [0.15, 0.2) is 34.3 Å². The summed E-state index contributed by atoms with van der Waals surface area (Å²) < 4.78 is 0. The lowest BCUT2D eigenvalue weighted by molar-refractivity contribution is -0.115. The number of carbonyl (C=O) groups excluding carboxylic acids is 1. The highest BCUT2D eigenvalue weighted by Gasteiger charge is 2.29. The summed E-state index contributed by atoms with van der Waals surface area (Å²) in [5.41, 5.74) is 14.2. The number of fused-ring (bicyclic) bond motifs is 1. The minimum atomic E-state index is 0.0158. The molecule has 3 heterocycles. The number of benzene rings is 1. The van der Waals surface area contributed by atoms with Gasteiger partial charge in [0.25, 0.3) is 0 Å². The zero-order valence-electron chi connectivity index (χ0n) is 15.4. The lowest BCUT2D eigenvalue weighted by atomic mass is 9.80. The molecule has 5 N–H and O–H groups in total. The van der Waals surface area contributed by atoms with E-state index in [1.165, 1.54) is 11.8 Å². The van der Waals surface area contributed by atoms with E-state index in [9.17, 15) is 4.79 Å². The minimum Gasteiger partial charge on any atom is -0.381 e. The molecule has 142 valence electrons. The van der Waals surface area contributed by atoms with Gasteiger partial charge < -0.3 is 21.7 Å². The van der Waals surface area contributed by atoms with Crippen LogP contribution >= 0.6 is 11.8 Å². The van der Waals surface area contributed by atoms with Crippen LogP contribution in [0.3, 0.4) is 0 Å². The molecule has 0 bridgehead atoms. The fourth-order valence-corrected chi connectivity index (χ4v) is 4.43. The summed E-state index contributed by atoms with van der Waals surface area (Å²) in [7, 11) is 0. The molecule has 2 aromatic rings. The Morgan fingerprint density at radius 3 is 2.81 bits per heavy atom. The van der Waals surface area contributed by atoms with Crippen molar-refractivity contribution in [2.45, 2.75) is 36.1 Å². The van der Waals surface area contributed by atoms with E-state index in [1.807, 2.05) is 18.2 Å². The fraction of sp³-hybridized carbons (Fsp3) is 0.421. The molecule has 27 heavy (non-hydrogen) atoms. The van der Waals surface area contributed by atoms with Crippen molar-refractivity contribution >= 4 is 35.0 Å². The Morgan fingerprint density at radius 1 is 1.33 bits per heavy atom. The maximum Gasteiger partial charge on any atom is 0.228 e. The fourth-order valence-electron chi connectivity index (χ4n) is 3.51. The molecule has 2 aliphatic rings. The summed E-state index contributed by atoms with van der Waals surface area (Å²) in [4.78, 5) is 24.0. The molecule has 4 rings (SSSR count). The zero-order valence-corrected chi connectivity index (χ0v) is 16.2. The Labute approximate surface area is 162 Å². The largest absolute Gasteiger partial charge is 0.381 e. The van der Waals surface area contributed by atoms with Crippen LogP contribution in [-0.4, -0.2) is 35.5 Å². The van der Waals surface area contributed by atoms with Gasteiger partial charge in [-0.15, -0.1) is 0 Å². The van der Waals surface area contributed by atoms with E-state index >= 15 is 0 Å². The highest BCUT2D eigenvalue weighted by atomic mass is 32.2. The van der Waals surface area contributed by atoms with Crippen LogP contribution < -0.4 is 21.7 Å². The third-order valence-corrected chi connectivity index (χ3v) is 6.60. The van der Waals surface area contributed by atoms with E-state index in [1.54, 1.807) is 6.20 Å². The summed E-state index contributed by atoms with van der Waals surface area (Å²) in [6.45, 7) is 4.77. The Morgan fingerprint density at radius 2 is 2.11 bits per heavy atom. The number of nitrogens with zero attached hydrogens (tertiary/aromatic N) is 3. The first-order valence-electron chi connectivity index (χ1n) is 9.14. The van der Waals surface area contributed by atoms with Crippen molar-refractivity contribution in [3.63, 3.8) is 0 Å². The Bertz CT molecular complexity index is 878. The lowest BCUT2D eigenvalue weighted by Crippen LogP contribution is -2.42. The van der Waals surface area contributed by atoms with Crippen molar-refractivity contribution in [1.29, 1.82) is 0 Å². The zero-order chi connectivity index (χ0) is 19.0. The first-order chi connectivity index (χ1) is 13.0. The van der Waals surface area contributed by atoms with Crippen LogP contribution in [-0.2, 0) is 11.2 Å². The van der Waals surface area contributed by atoms with Crippen molar-refractivity contribution in [2.75, 3.05) is 35.6 Å². The predicted molar refractivity (Wildman–Crippen MR) is 108 cm³/mol. The molecule has 0 spiro atoms. The van der Waals surface area contributed by atoms with Gasteiger partial charge in [-0.1, -0.05) is 24.8 Å². The summed E-state index contributed by atoms with van der Waals surface area (Å²) in [5.74, 6) is 1.24. The number of rotatable bonds is 4. The second-order valence-electron chi connectivity index (χ2n) is 7.53. The number of hydrogen-bond donors (Lipinski definition) is 3. The van der Waals surface area contributed by atoms with Gasteiger partial charge in [0.15, 0.2) is 5.82 Å². The van der Waals surface area contributed by atoms with Crippen LogP contribution in [0.1, 0.15) is 25.3 Å². The van der Waals surface area contributed by atoms with E-state index in [0.29, 0.717) is 23.8 Å². The average molecular weight is 385 g/mol. The second-order valence-corrected chi connectivity index (χ2v) is 8.56. The van der Waals surface area contributed by atoms with Crippen molar-refractivity contribution < 1.29 is 4.79 Å². The quantitative estimate of drug-likeness (QED) is 0.741. The molecule has 0 atom stereocenters. The van der Waals surface area contributed by atoms with E-state index < -0.39 is 0 Å². The van der Waals surface area contributed by atoms with Gasteiger partial charge in [-0.2, -0.15) is 0 Å². The summed E-state index contributed by atoms with van der Waals surface area (Å²) >= 11 is 1.45. The van der Waals surface area contributed by atoms with Crippen molar-refractivity contribution in [1.82, 2.24) is 9.97 Å². The number of hydrogen-bond acceptors (Lipinski definition) is 7. The van der Waals surface area contributed by atoms with Crippen LogP contribution in [0, 0.1) is 5.41 Å². The smallest absolute Gasteiger partial charge is 0.228 e. The Kier molecular flexibility index (Phi) is 4.69. The van der Waals surface area contributed by atoms with Gasteiger partial charge in [-0.25, -0.2) is 9.97 Å². The molecule has 8 heteroatoms. The van der Waals surface area contributed by atoms with E-state index in [-0.39, 0.29) is 11.3 Å². The van der Waals surface area contributed by atoms with E-state index in [4.69, 9.17) is 11.5 Å². The van der Waals surface area contributed by atoms with Crippen molar-refractivity contribution in [2.24, 2.45) is 11.1 Å². The van der Waals surface area contributed by atoms with Crippen molar-refractivity contribution in [3.05, 3.63) is 30.0 Å². The molecule has 1 fully saturated rings. The number of nitrogens with one attached hydrogen (secondary N) is 1. The average Bonchev–Trinajstić information content (AvgIpc) is 3.05. The first kappa shape index (κ1) is 18.1. The number of nitrogens with two attached hydrogens (primary N) is 2. The monoisotopic (exact) mass is 384 g/mol. The highest BCUT2D eigenvalue weighted by Crippen LogP contribution is 2.38. The maximum absolute atomic E-state index is 11.7. The summed E-state index contributed by atoms with van der Waals surface area (Å²) in [6, 6.07) is 5.82. The number of carbonyl (C=O) groups is 1. The normalized spacial score (nSPS) is 18.3. The molecule has 1 aromatic carbocycles. The van der Waals surface area contributed by atoms with Gasteiger partial charge in [0.2, 0.25) is 5.91 Å². The third kappa shape index (κ3) is 3.59. The maximum atomic E-state index is 11.7. The first-order valence-corrected chi connectivity index (χ1v) is 9.96. The van der Waals surface area contributed by atoms with Crippen molar-refractivity contribution in [3.8, 4) is 0 Å². The topological polar surface area (TPSA) is 110 Å². The van der Waals surface area contributed by atoms with Gasteiger partial charge in [-0.3, -0.25) is 4.79 Å². The van der Waals surface area contributed by atoms with Gasteiger partial charge >= 0.3 is 0 Å². The Balaban J connectivity index is 1.51. The molecule has 1 saturated heterocycles.